The zero-order valence-corrected chi connectivity index (χ0v) is 22.8. The number of aliphatic hydroxyl groups excluding tert-OH is 4. The standard InChI is InChI=1S/2C10H24O2Si.Cu/c2*1-8(11)7-9(12)13(5,6)10(2,3)4;/h2*8-9,11-12H,7H2,1-6H3;. The minimum Gasteiger partial charge on any atom is -0.396 e. The van der Waals surface area contributed by atoms with Crippen LogP contribution in [0, 0.1) is 0 Å². The molecule has 0 saturated carbocycles. The molecule has 0 spiro atoms. The monoisotopic (exact) mass is 471 g/mol. The van der Waals surface area contributed by atoms with Crippen LogP contribution in [0.1, 0.15) is 68.2 Å². The predicted molar refractivity (Wildman–Crippen MR) is 119 cm³/mol. The Morgan fingerprint density at radius 1 is 0.593 bits per heavy atom. The summed E-state index contributed by atoms with van der Waals surface area (Å²) in [6.07, 6.45) is 0.223. The molecule has 4 unspecified atom stereocenters. The summed E-state index contributed by atoms with van der Waals surface area (Å²) in [5.74, 6) is 0. The second kappa shape index (κ2) is 11.8. The van der Waals surface area contributed by atoms with Crippen molar-refractivity contribution in [3.8, 4) is 0 Å². The first kappa shape index (κ1) is 32.5. The van der Waals surface area contributed by atoms with Gasteiger partial charge in [0.1, 0.15) is 0 Å². The van der Waals surface area contributed by atoms with E-state index in [4.69, 9.17) is 0 Å². The molecule has 0 saturated heterocycles. The SMILES string of the molecule is CC(O)CC(O)[Si](C)(C)C(C)(C)C.CC(O)CC(O)[Si](C)(C)C(C)(C)C.[Cu]. The van der Waals surface area contributed by atoms with Crippen LogP contribution >= 0.6 is 0 Å². The summed E-state index contributed by atoms with van der Waals surface area (Å²) >= 11 is 0. The van der Waals surface area contributed by atoms with Crippen LogP contribution in [0.3, 0.4) is 0 Å². The van der Waals surface area contributed by atoms with Gasteiger partial charge in [-0.1, -0.05) is 67.7 Å². The van der Waals surface area contributed by atoms with Crippen molar-refractivity contribution in [2.75, 3.05) is 0 Å². The third kappa shape index (κ3) is 10.9. The molecule has 0 fully saturated rings. The van der Waals surface area contributed by atoms with Gasteiger partial charge in [0.05, 0.1) is 28.4 Å². The maximum absolute atomic E-state index is 9.98. The van der Waals surface area contributed by atoms with Crippen LogP contribution in [0.2, 0.25) is 36.3 Å². The van der Waals surface area contributed by atoms with E-state index in [-0.39, 0.29) is 38.6 Å². The van der Waals surface area contributed by atoms with Crippen molar-refractivity contribution < 1.29 is 37.5 Å². The molecule has 0 bridgehead atoms. The molecule has 0 heterocycles. The van der Waals surface area contributed by atoms with Crippen LogP contribution in [-0.2, 0) is 17.1 Å². The molecule has 0 aromatic rings. The summed E-state index contributed by atoms with van der Waals surface area (Å²) in [7, 11) is -3.35. The van der Waals surface area contributed by atoms with Crippen LogP contribution in [0.25, 0.3) is 0 Å². The summed E-state index contributed by atoms with van der Waals surface area (Å²) in [6.45, 7) is 25.2. The van der Waals surface area contributed by atoms with E-state index < -0.39 is 28.4 Å². The molecule has 0 aliphatic heterocycles. The van der Waals surface area contributed by atoms with Gasteiger partial charge < -0.3 is 20.4 Å². The second-order valence-electron chi connectivity index (χ2n) is 11.1. The molecule has 0 aliphatic carbocycles. The van der Waals surface area contributed by atoms with Gasteiger partial charge in [-0.3, -0.25) is 0 Å². The molecular weight excluding hydrogens is 424 g/mol. The van der Waals surface area contributed by atoms with E-state index in [9.17, 15) is 20.4 Å². The fraction of sp³-hybridized carbons (Fsp3) is 1.00. The van der Waals surface area contributed by atoms with E-state index in [2.05, 4.69) is 67.7 Å². The Hall–Kier alpha value is 0.793. The van der Waals surface area contributed by atoms with E-state index in [1.165, 1.54) is 0 Å². The van der Waals surface area contributed by atoms with Gasteiger partial charge in [0, 0.05) is 28.5 Å². The van der Waals surface area contributed by atoms with Crippen molar-refractivity contribution in [2.24, 2.45) is 0 Å². The maximum atomic E-state index is 9.98. The van der Waals surface area contributed by atoms with E-state index in [1.807, 2.05) is 0 Å². The summed E-state index contributed by atoms with van der Waals surface area (Å²) in [4.78, 5) is 0. The van der Waals surface area contributed by atoms with Gasteiger partial charge in [-0.25, -0.2) is 0 Å². The number of aliphatic hydroxyl groups is 4. The molecule has 0 amide bonds. The normalized spacial score (nSPS) is 17.8. The zero-order valence-electron chi connectivity index (χ0n) is 19.8. The predicted octanol–water partition coefficient (Wildman–Crippen LogP) is 4.33. The van der Waals surface area contributed by atoms with E-state index in [0.29, 0.717) is 12.8 Å². The maximum Gasteiger partial charge on any atom is 0.0866 e. The minimum absolute atomic E-state index is 0. The third-order valence-corrected chi connectivity index (χ3v) is 18.2. The zero-order chi connectivity index (χ0) is 21.7. The van der Waals surface area contributed by atoms with Gasteiger partial charge in [0.2, 0.25) is 0 Å². The van der Waals surface area contributed by atoms with Crippen molar-refractivity contribution in [1.82, 2.24) is 0 Å². The van der Waals surface area contributed by atoms with Crippen LogP contribution in [-0.4, -0.2) is 60.2 Å². The van der Waals surface area contributed by atoms with Crippen LogP contribution in [0.5, 0.6) is 0 Å². The molecule has 1 radical (unpaired) electrons. The number of hydrogen-bond acceptors (Lipinski definition) is 4. The number of rotatable bonds is 6. The molecule has 0 aromatic carbocycles. The van der Waals surface area contributed by atoms with Crippen LogP contribution in [0.15, 0.2) is 0 Å². The van der Waals surface area contributed by atoms with Crippen molar-refractivity contribution >= 4 is 16.1 Å². The van der Waals surface area contributed by atoms with Gasteiger partial charge in [-0.05, 0) is 36.8 Å². The minimum atomic E-state index is -1.68. The summed E-state index contributed by atoms with van der Waals surface area (Å²) in [5, 5.41) is 38.8. The average molecular weight is 472 g/mol. The average Bonchev–Trinajstić information content (AvgIpc) is 2.34. The van der Waals surface area contributed by atoms with Gasteiger partial charge in [-0.15, -0.1) is 0 Å². The Bertz CT molecular complexity index is 362. The molecule has 7 heteroatoms. The molecular formula is C20H48CuO4Si2. The largest absolute Gasteiger partial charge is 0.396 e. The molecule has 4 nitrogen and oxygen atoms in total. The third-order valence-electron chi connectivity index (χ3n) is 6.66. The Morgan fingerprint density at radius 2 is 0.778 bits per heavy atom. The van der Waals surface area contributed by atoms with Crippen LogP contribution < -0.4 is 0 Å². The van der Waals surface area contributed by atoms with Crippen molar-refractivity contribution in [3.63, 3.8) is 0 Å². The summed E-state index contributed by atoms with van der Waals surface area (Å²) in [5.41, 5.74) is -0.625. The molecule has 0 aliphatic rings. The smallest absolute Gasteiger partial charge is 0.0866 e. The quantitative estimate of drug-likeness (QED) is 0.434. The van der Waals surface area contributed by atoms with Gasteiger partial charge >= 0.3 is 0 Å². The van der Waals surface area contributed by atoms with Gasteiger partial charge in [-0.2, -0.15) is 0 Å². The summed E-state index contributed by atoms with van der Waals surface area (Å²) < 4.78 is 0. The molecule has 4 N–H and O–H groups in total. The molecule has 0 rings (SSSR count). The fourth-order valence-electron chi connectivity index (χ4n) is 2.24. The van der Waals surface area contributed by atoms with Gasteiger partial charge in [0.15, 0.2) is 0 Å². The molecule has 0 aromatic heterocycles. The van der Waals surface area contributed by atoms with E-state index in [0.717, 1.165) is 0 Å². The Balaban J connectivity index is -0.000000411. The molecule has 171 valence electrons. The first-order valence-electron chi connectivity index (χ1n) is 9.90. The first-order chi connectivity index (χ1) is 11.2. The molecule has 4 atom stereocenters. The number of hydrogen-bond donors (Lipinski definition) is 4. The Labute approximate surface area is 181 Å². The van der Waals surface area contributed by atoms with Crippen LogP contribution in [0.4, 0.5) is 0 Å². The second-order valence-corrected chi connectivity index (χ2v) is 22.4. The first-order valence-corrected chi connectivity index (χ1v) is 16.1. The van der Waals surface area contributed by atoms with E-state index >= 15 is 0 Å². The Kier molecular flexibility index (Phi) is 14.2. The van der Waals surface area contributed by atoms with E-state index in [1.54, 1.807) is 13.8 Å². The Morgan fingerprint density at radius 3 is 0.889 bits per heavy atom. The topological polar surface area (TPSA) is 80.9 Å². The molecule has 27 heavy (non-hydrogen) atoms. The fourth-order valence-corrected chi connectivity index (χ4v) is 6.10. The van der Waals surface area contributed by atoms with Crippen molar-refractivity contribution in [2.45, 2.75) is 128 Å². The van der Waals surface area contributed by atoms with Gasteiger partial charge in [0.25, 0.3) is 0 Å². The van der Waals surface area contributed by atoms with Crippen molar-refractivity contribution in [1.29, 1.82) is 0 Å². The van der Waals surface area contributed by atoms with Crippen molar-refractivity contribution in [3.05, 3.63) is 0 Å². The summed E-state index contributed by atoms with van der Waals surface area (Å²) in [6, 6.07) is 0.